The van der Waals surface area contributed by atoms with Crippen LogP contribution in [0.4, 0.5) is 4.39 Å². The van der Waals surface area contributed by atoms with E-state index in [4.69, 9.17) is 5.84 Å². The third kappa shape index (κ3) is 4.63. The van der Waals surface area contributed by atoms with Crippen molar-refractivity contribution in [2.75, 3.05) is 0 Å². The van der Waals surface area contributed by atoms with E-state index in [2.05, 4.69) is 40.4 Å². The second-order valence-electron chi connectivity index (χ2n) is 5.27. The van der Waals surface area contributed by atoms with Crippen LogP contribution in [0.5, 0.6) is 0 Å². The summed E-state index contributed by atoms with van der Waals surface area (Å²) in [6.45, 7) is 2.11. The molecule has 0 fully saturated rings. The molecule has 0 aliphatic rings. The molecular formula is C17H20BrFN2. The molecule has 1 atom stereocenters. The summed E-state index contributed by atoms with van der Waals surface area (Å²) in [7, 11) is 0. The lowest BCUT2D eigenvalue weighted by Gasteiger charge is -2.17. The van der Waals surface area contributed by atoms with Gasteiger partial charge in [-0.2, -0.15) is 0 Å². The predicted octanol–water partition coefficient (Wildman–Crippen LogP) is 3.90. The number of hydrazine groups is 1. The van der Waals surface area contributed by atoms with Crippen molar-refractivity contribution in [3.05, 3.63) is 69.4 Å². The predicted molar refractivity (Wildman–Crippen MR) is 88.4 cm³/mol. The van der Waals surface area contributed by atoms with Gasteiger partial charge in [0.05, 0.1) is 0 Å². The summed E-state index contributed by atoms with van der Waals surface area (Å²) in [5.41, 5.74) is 6.08. The topological polar surface area (TPSA) is 38.0 Å². The zero-order valence-corrected chi connectivity index (χ0v) is 13.7. The highest BCUT2D eigenvalue weighted by Crippen LogP contribution is 2.18. The van der Waals surface area contributed by atoms with E-state index in [0.717, 1.165) is 17.3 Å². The number of aryl methyl sites for hydroxylation is 2. The van der Waals surface area contributed by atoms with E-state index >= 15 is 0 Å². The molecule has 0 aromatic heterocycles. The summed E-state index contributed by atoms with van der Waals surface area (Å²) in [6, 6.07) is 13.5. The average Bonchev–Trinajstić information content (AvgIpc) is 2.47. The van der Waals surface area contributed by atoms with Crippen molar-refractivity contribution >= 4 is 15.9 Å². The van der Waals surface area contributed by atoms with Crippen molar-refractivity contribution in [1.29, 1.82) is 0 Å². The minimum absolute atomic E-state index is 0.0558. The first-order chi connectivity index (χ1) is 10.1. The Hall–Kier alpha value is -1.23. The monoisotopic (exact) mass is 350 g/mol. The summed E-state index contributed by atoms with van der Waals surface area (Å²) in [6.07, 6.45) is 2.39. The molecule has 1 unspecified atom stereocenters. The zero-order valence-electron chi connectivity index (χ0n) is 12.1. The van der Waals surface area contributed by atoms with Gasteiger partial charge in [0, 0.05) is 10.5 Å². The van der Waals surface area contributed by atoms with Crippen LogP contribution in [0.3, 0.4) is 0 Å². The van der Waals surface area contributed by atoms with Gasteiger partial charge in [0.2, 0.25) is 0 Å². The van der Waals surface area contributed by atoms with Crippen molar-refractivity contribution in [1.82, 2.24) is 5.43 Å². The first-order valence-corrected chi connectivity index (χ1v) is 7.84. The van der Waals surface area contributed by atoms with E-state index in [1.165, 1.54) is 17.2 Å². The molecule has 0 aliphatic carbocycles. The molecule has 0 radical (unpaired) electrons. The van der Waals surface area contributed by atoms with Crippen molar-refractivity contribution < 1.29 is 4.39 Å². The second kappa shape index (κ2) is 7.69. The maximum absolute atomic E-state index is 13.9. The summed E-state index contributed by atoms with van der Waals surface area (Å²) in [5, 5.41) is 0. The van der Waals surface area contributed by atoms with Gasteiger partial charge in [0.25, 0.3) is 0 Å². The molecule has 0 bridgehead atoms. The van der Waals surface area contributed by atoms with E-state index in [1.54, 1.807) is 6.07 Å². The molecule has 3 N–H and O–H groups in total. The summed E-state index contributed by atoms with van der Waals surface area (Å²) < 4.78 is 14.6. The fourth-order valence-electron chi connectivity index (χ4n) is 2.42. The van der Waals surface area contributed by atoms with Gasteiger partial charge >= 0.3 is 0 Å². The van der Waals surface area contributed by atoms with Crippen molar-refractivity contribution in [3.8, 4) is 0 Å². The molecule has 4 heteroatoms. The number of rotatable bonds is 6. The standard InChI is InChI=1S/C17H20BrFN2/c1-12-4-2-3-5-13(12)7-9-16(21-20)10-14-6-8-15(18)11-17(14)19/h2-6,8,11,16,21H,7,9-10,20H2,1H3. The van der Waals surface area contributed by atoms with Crippen LogP contribution in [-0.4, -0.2) is 6.04 Å². The molecule has 0 saturated heterocycles. The molecule has 2 aromatic rings. The highest BCUT2D eigenvalue weighted by atomic mass is 79.9. The van der Waals surface area contributed by atoms with Crippen LogP contribution in [0, 0.1) is 12.7 Å². The van der Waals surface area contributed by atoms with E-state index in [9.17, 15) is 4.39 Å². The average molecular weight is 351 g/mol. The van der Waals surface area contributed by atoms with Crippen LogP contribution >= 0.6 is 15.9 Å². The molecule has 0 spiro atoms. The van der Waals surface area contributed by atoms with Crippen molar-refractivity contribution in [2.24, 2.45) is 5.84 Å². The fraction of sp³-hybridized carbons (Fsp3) is 0.294. The van der Waals surface area contributed by atoms with Gasteiger partial charge < -0.3 is 0 Å². The van der Waals surface area contributed by atoms with Gasteiger partial charge in [-0.25, -0.2) is 4.39 Å². The summed E-state index contributed by atoms with van der Waals surface area (Å²) >= 11 is 3.27. The molecule has 2 nitrogen and oxygen atoms in total. The Labute approximate surface area is 133 Å². The van der Waals surface area contributed by atoms with Crippen LogP contribution in [0.2, 0.25) is 0 Å². The quantitative estimate of drug-likeness (QED) is 0.612. The Kier molecular flexibility index (Phi) is 5.91. The Bertz CT molecular complexity index is 601. The van der Waals surface area contributed by atoms with Crippen LogP contribution in [-0.2, 0) is 12.8 Å². The Morgan fingerprint density at radius 1 is 1.19 bits per heavy atom. The zero-order chi connectivity index (χ0) is 15.2. The van der Waals surface area contributed by atoms with Crippen LogP contribution in [0.15, 0.2) is 46.9 Å². The molecule has 2 rings (SSSR count). The first-order valence-electron chi connectivity index (χ1n) is 7.04. The normalized spacial score (nSPS) is 12.4. The van der Waals surface area contributed by atoms with E-state index < -0.39 is 0 Å². The van der Waals surface area contributed by atoms with Crippen molar-refractivity contribution in [3.63, 3.8) is 0 Å². The third-order valence-corrected chi connectivity index (χ3v) is 4.23. The SMILES string of the molecule is Cc1ccccc1CCC(Cc1ccc(Br)cc1F)NN. The summed E-state index contributed by atoms with van der Waals surface area (Å²) in [4.78, 5) is 0. The lowest BCUT2D eigenvalue weighted by atomic mass is 9.97. The molecule has 2 aromatic carbocycles. The highest BCUT2D eigenvalue weighted by molar-refractivity contribution is 9.10. The lowest BCUT2D eigenvalue weighted by molar-refractivity contribution is 0.479. The van der Waals surface area contributed by atoms with Crippen LogP contribution < -0.4 is 11.3 Å². The fourth-order valence-corrected chi connectivity index (χ4v) is 2.75. The number of halogens is 2. The smallest absolute Gasteiger partial charge is 0.127 e. The van der Waals surface area contributed by atoms with Crippen LogP contribution in [0.1, 0.15) is 23.1 Å². The number of nitrogens with one attached hydrogen (secondary N) is 1. The van der Waals surface area contributed by atoms with Crippen LogP contribution in [0.25, 0.3) is 0 Å². The number of hydrogen-bond acceptors (Lipinski definition) is 2. The first kappa shape index (κ1) is 16.1. The Morgan fingerprint density at radius 3 is 2.62 bits per heavy atom. The third-order valence-electron chi connectivity index (χ3n) is 3.74. The van der Waals surface area contributed by atoms with E-state index in [1.807, 2.05) is 18.2 Å². The Balaban J connectivity index is 1.99. The minimum Gasteiger partial charge on any atom is -0.271 e. The molecule has 0 saturated carbocycles. The molecule has 112 valence electrons. The van der Waals surface area contributed by atoms with Gasteiger partial charge in [-0.05, 0) is 55.0 Å². The number of benzene rings is 2. The minimum atomic E-state index is -0.194. The van der Waals surface area contributed by atoms with Gasteiger partial charge in [-0.3, -0.25) is 11.3 Å². The summed E-state index contributed by atoms with van der Waals surface area (Å²) in [5.74, 6) is 5.43. The number of nitrogens with two attached hydrogens (primary N) is 1. The lowest BCUT2D eigenvalue weighted by Crippen LogP contribution is -2.37. The largest absolute Gasteiger partial charge is 0.271 e. The molecule has 0 heterocycles. The van der Waals surface area contributed by atoms with E-state index in [0.29, 0.717) is 12.0 Å². The second-order valence-corrected chi connectivity index (χ2v) is 6.18. The van der Waals surface area contributed by atoms with Crippen molar-refractivity contribution in [2.45, 2.75) is 32.2 Å². The highest BCUT2D eigenvalue weighted by Gasteiger charge is 2.12. The molecule has 0 aliphatic heterocycles. The molecule has 21 heavy (non-hydrogen) atoms. The number of hydrogen-bond donors (Lipinski definition) is 2. The molecule has 0 amide bonds. The van der Waals surface area contributed by atoms with Gasteiger partial charge in [0.1, 0.15) is 5.82 Å². The van der Waals surface area contributed by atoms with Gasteiger partial charge in [-0.1, -0.05) is 46.3 Å². The van der Waals surface area contributed by atoms with Gasteiger partial charge in [0.15, 0.2) is 0 Å². The van der Waals surface area contributed by atoms with Gasteiger partial charge in [-0.15, -0.1) is 0 Å². The molecular weight excluding hydrogens is 331 g/mol. The Morgan fingerprint density at radius 2 is 1.95 bits per heavy atom. The van der Waals surface area contributed by atoms with E-state index in [-0.39, 0.29) is 11.9 Å². The maximum atomic E-state index is 13.9. The maximum Gasteiger partial charge on any atom is 0.127 e.